The van der Waals surface area contributed by atoms with E-state index in [2.05, 4.69) is 228 Å². The van der Waals surface area contributed by atoms with Gasteiger partial charge in [-0.25, -0.2) is 4.98 Å². The summed E-state index contributed by atoms with van der Waals surface area (Å²) in [5.74, 6) is 1.17. The van der Waals surface area contributed by atoms with Gasteiger partial charge in [0.05, 0.1) is 33.5 Å². The molecule has 3 aromatic heterocycles. The molecule has 0 spiro atoms. The topological polar surface area (TPSA) is 35.1 Å². The van der Waals surface area contributed by atoms with E-state index in [0.717, 1.165) is 63.4 Å². The number of aromatic nitrogens is 3. The first kappa shape index (κ1) is 36.1. The molecule has 0 N–H and O–H groups in total. The first-order valence-corrected chi connectivity index (χ1v) is 21.6. The summed E-state index contributed by atoms with van der Waals surface area (Å²) in [5.41, 5.74) is 14.9. The fourth-order valence-corrected chi connectivity index (χ4v) is 9.89. The fraction of sp³-hybridized carbons (Fsp3) is 0.0690. The number of benzene rings is 7. The Kier molecular flexibility index (Phi) is 8.74. The number of rotatable bonds is 7. The number of nitrogens with zero attached hydrogens (tertiary/aromatic N) is 4. The number of aliphatic imine (C=N–C) groups is 1. The van der Waals surface area contributed by atoms with Gasteiger partial charge in [-0.2, -0.15) is 0 Å². The molecule has 0 amide bonds. The van der Waals surface area contributed by atoms with Crippen molar-refractivity contribution >= 4 is 49.3 Å². The number of allylic oxidation sites excluding steroid dienone is 5. The SMILES string of the molecule is C1=CCC(c2cccc(-n3c4ccccc4c4cccc(-c5cc(-c6ccccc6)cc(-c6cccc7c8ccccc8n(C8CC=CC(c9ccccc9)=N8)c67)c5)c43)n2)C=C1. The molecule has 2 aliphatic rings. The molecule has 4 heterocycles. The van der Waals surface area contributed by atoms with E-state index in [0.29, 0.717) is 0 Å². The summed E-state index contributed by atoms with van der Waals surface area (Å²) in [6, 6.07) is 66.1. The van der Waals surface area contributed by atoms with Crippen molar-refractivity contribution in [1.29, 1.82) is 0 Å². The van der Waals surface area contributed by atoms with Crippen LogP contribution in [0.3, 0.4) is 0 Å². The Morgan fingerprint density at radius 1 is 0.452 bits per heavy atom. The van der Waals surface area contributed by atoms with Crippen LogP contribution in [0.1, 0.15) is 36.2 Å². The Morgan fingerprint density at radius 2 is 1.06 bits per heavy atom. The number of dihydropyridines is 1. The third-order valence-electron chi connectivity index (χ3n) is 12.7. The highest BCUT2D eigenvalue weighted by Gasteiger charge is 2.24. The Labute approximate surface area is 360 Å². The van der Waals surface area contributed by atoms with Crippen LogP contribution in [0.4, 0.5) is 0 Å². The van der Waals surface area contributed by atoms with Gasteiger partial charge in [0.15, 0.2) is 0 Å². The summed E-state index contributed by atoms with van der Waals surface area (Å²) in [6.45, 7) is 0. The van der Waals surface area contributed by atoms with Crippen LogP contribution in [0.25, 0.3) is 82.8 Å². The van der Waals surface area contributed by atoms with E-state index in [4.69, 9.17) is 9.98 Å². The highest BCUT2D eigenvalue weighted by atomic mass is 15.1. The van der Waals surface area contributed by atoms with Crippen LogP contribution >= 0.6 is 0 Å². The van der Waals surface area contributed by atoms with Gasteiger partial charge in [-0.1, -0.05) is 170 Å². The van der Waals surface area contributed by atoms with Crippen LogP contribution < -0.4 is 0 Å². The molecule has 0 radical (unpaired) electrons. The standard InChI is InChI=1S/C58H42N4/c1-4-18-39(19-5-1)42-36-43(45-26-14-28-49-47-24-10-12-32-53(47)61(57(45)49)55-34-16-30-51(59-55)40-20-6-2-7-21-40)38-44(37-42)46-27-15-29-50-48-25-11-13-33-54(48)62(58(46)50)56-35-17-31-52(60-56)41-22-8-3-9-23-41/h1-22,24-33,35-38,41,55H,23,34H2. The average Bonchev–Trinajstić information content (AvgIpc) is 3.88. The Balaban J connectivity index is 1.11. The Hall–Kier alpha value is -7.82. The van der Waals surface area contributed by atoms with Gasteiger partial charge in [0.25, 0.3) is 0 Å². The highest BCUT2D eigenvalue weighted by molar-refractivity contribution is 6.16. The molecular formula is C58H42N4. The van der Waals surface area contributed by atoms with Gasteiger partial charge in [0.1, 0.15) is 12.0 Å². The predicted octanol–water partition coefficient (Wildman–Crippen LogP) is 14.8. The molecule has 1 aliphatic heterocycles. The second-order valence-electron chi connectivity index (χ2n) is 16.4. The molecule has 10 aromatic rings. The lowest BCUT2D eigenvalue weighted by atomic mass is 9.91. The molecule has 12 rings (SSSR count). The summed E-state index contributed by atoms with van der Waals surface area (Å²) in [5, 5.41) is 4.88. The molecule has 62 heavy (non-hydrogen) atoms. The molecule has 2 atom stereocenters. The van der Waals surface area contributed by atoms with E-state index in [9.17, 15) is 0 Å². The quantitative estimate of drug-likeness (QED) is 0.158. The first-order valence-electron chi connectivity index (χ1n) is 21.6. The minimum Gasteiger partial charge on any atom is -0.317 e. The molecule has 0 saturated carbocycles. The molecule has 4 nitrogen and oxygen atoms in total. The maximum Gasteiger partial charge on any atom is 0.137 e. The third kappa shape index (κ3) is 6.06. The van der Waals surface area contributed by atoms with Gasteiger partial charge in [-0.3, -0.25) is 9.56 Å². The number of pyridine rings is 1. The van der Waals surface area contributed by atoms with Crippen molar-refractivity contribution < 1.29 is 0 Å². The molecule has 0 fully saturated rings. The van der Waals surface area contributed by atoms with E-state index in [1.54, 1.807) is 0 Å². The van der Waals surface area contributed by atoms with E-state index in [-0.39, 0.29) is 12.1 Å². The van der Waals surface area contributed by atoms with E-state index in [1.807, 2.05) is 0 Å². The summed E-state index contributed by atoms with van der Waals surface area (Å²) < 4.78 is 4.88. The smallest absolute Gasteiger partial charge is 0.137 e. The minimum atomic E-state index is -0.108. The van der Waals surface area contributed by atoms with Crippen molar-refractivity contribution in [2.24, 2.45) is 4.99 Å². The molecule has 0 bridgehead atoms. The van der Waals surface area contributed by atoms with Gasteiger partial charge in [-0.05, 0) is 82.8 Å². The fourth-order valence-electron chi connectivity index (χ4n) is 9.89. The highest BCUT2D eigenvalue weighted by Crippen LogP contribution is 2.44. The third-order valence-corrected chi connectivity index (χ3v) is 12.7. The average molecular weight is 795 g/mol. The first-order chi connectivity index (χ1) is 30.8. The lowest BCUT2D eigenvalue weighted by Crippen LogP contribution is -2.13. The van der Waals surface area contributed by atoms with Gasteiger partial charge < -0.3 is 4.57 Å². The van der Waals surface area contributed by atoms with Crippen molar-refractivity contribution in [2.45, 2.75) is 24.9 Å². The van der Waals surface area contributed by atoms with Crippen LogP contribution in [0.5, 0.6) is 0 Å². The van der Waals surface area contributed by atoms with Crippen molar-refractivity contribution in [3.63, 3.8) is 0 Å². The largest absolute Gasteiger partial charge is 0.317 e. The van der Waals surface area contributed by atoms with E-state index < -0.39 is 0 Å². The monoisotopic (exact) mass is 794 g/mol. The number of hydrogen-bond donors (Lipinski definition) is 0. The van der Waals surface area contributed by atoms with Crippen LogP contribution in [0.15, 0.2) is 223 Å². The van der Waals surface area contributed by atoms with Crippen LogP contribution in [-0.4, -0.2) is 19.8 Å². The van der Waals surface area contributed by atoms with Crippen LogP contribution in [0.2, 0.25) is 0 Å². The van der Waals surface area contributed by atoms with Gasteiger partial charge in [0, 0.05) is 45.0 Å². The summed E-state index contributed by atoms with van der Waals surface area (Å²) in [7, 11) is 0. The van der Waals surface area contributed by atoms with Crippen molar-refractivity contribution in [3.05, 3.63) is 230 Å². The maximum absolute atomic E-state index is 5.47. The lowest BCUT2D eigenvalue weighted by Gasteiger charge is -2.22. The summed E-state index contributed by atoms with van der Waals surface area (Å²) >= 11 is 0. The number of para-hydroxylation sites is 4. The molecule has 2 unspecified atom stereocenters. The molecular weight excluding hydrogens is 753 g/mol. The normalized spacial score (nSPS) is 16.2. The summed E-state index contributed by atoms with van der Waals surface area (Å²) in [6.07, 6.45) is 14.9. The van der Waals surface area contributed by atoms with E-state index in [1.165, 1.54) is 49.3 Å². The Morgan fingerprint density at radius 3 is 1.81 bits per heavy atom. The molecule has 0 saturated heterocycles. The van der Waals surface area contributed by atoms with E-state index >= 15 is 0 Å². The zero-order valence-corrected chi connectivity index (χ0v) is 34.1. The van der Waals surface area contributed by atoms with Crippen molar-refractivity contribution in [2.75, 3.05) is 0 Å². The zero-order valence-electron chi connectivity index (χ0n) is 34.1. The second kappa shape index (κ2) is 15.0. The minimum absolute atomic E-state index is 0.108. The van der Waals surface area contributed by atoms with Gasteiger partial charge >= 0.3 is 0 Å². The number of hydrogen-bond acceptors (Lipinski definition) is 2. The van der Waals surface area contributed by atoms with Crippen molar-refractivity contribution in [3.8, 4) is 39.2 Å². The van der Waals surface area contributed by atoms with Gasteiger partial charge in [0.2, 0.25) is 0 Å². The van der Waals surface area contributed by atoms with Crippen LogP contribution in [-0.2, 0) is 0 Å². The molecule has 1 aliphatic carbocycles. The zero-order chi connectivity index (χ0) is 41.0. The number of fused-ring (bicyclic) bond motifs is 6. The maximum atomic E-state index is 5.47. The second-order valence-corrected chi connectivity index (χ2v) is 16.4. The molecule has 7 aromatic carbocycles. The van der Waals surface area contributed by atoms with Gasteiger partial charge in [-0.15, -0.1) is 0 Å². The predicted molar refractivity (Wildman–Crippen MR) is 259 cm³/mol. The molecule has 294 valence electrons. The van der Waals surface area contributed by atoms with Crippen LogP contribution in [0, 0.1) is 0 Å². The molecule has 4 heteroatoms. The Bertz CT molecular complexity index is 3470. The summed E-state index contributed by atoms with van der Waals surface area (Å²) in [4.78, 5) is 10.9. The lowest BCUT2D eigenvalue weighted by molar-refractivity contribution is 0.560. The van der Waals surface area contributed by atoms with Crippen molar-refractivity contribution in [1.82, 2.24) is 14.1 Å².